The summed E-state index contributed by atoms with van der Waals surface area (Å²) in [5.74, 6) is -2.76. The highest BCUT2D eigenvalue weighted by Crippen LogP contribution is 2.29. The zero-order valence-electron chi connectivity index (χ0n) is 15.7. The number of hydrogen-bond acceptors (Lipinski definition) is 7. The van der Waals surface area contributed by atoms with Crippen LogP contribution in [0.1, 0.15) is 39.4 Å². The molecular formula is C19H20FNO6S. The summed E-state index contributed by atoms with van der Waals surface area (Å²) in [5, 5.41) is 2.84. The second-order valence-electron chi connectivity index (χ2n) is 5.50. The monoisotopic (exact) mass is 409 g/mol. The van der Waals surface area contributed by atoms with Crippen LogP contribution in [0.2, 0.25) is 0 Å². The molecule has 0 aliphatic rings. The predicted octanol–water partition coefficient (Wildman–Crippen LogP) is 3.43. The fourth-order valence-corrected chi connectivity index (χ4v) is 3.23. The van der Waals surface area contributed by atoms with Gasteiger partial charge in [0.2, 0.25) is 0 Å². The van der Waals surface area contributed by atoms with Crippen LogP contribution in [0.25, 0.3) is 0 Å². The Labute approximate surface area is 165 Å². The molecule has 0 unspecified atom stereocenters. The van der Waals surface area contributed by atoms with Gasteiger partial charge in [0.25, 0.3) is 5.91 Å². The van der Waals surface area contributed by atoms with Crippen LogP contribution in [0.4, 0.5) is 9.39 Å². The molecular weight excluding hydrogens is 389 g/mol. The summed E-state index contributed by atoms with van der Waals surface area (Å²) in [4.78, 5) is 37.0. The molecule has 150 valence electrons. The summed E-state index contributed by atoms with van der Waals surface area (Å²) >= 11 is 1.23. The highest BCUT2D eigenvalue weighted by atomic mass is 32.1. The summed E-state index contributed by atoms with van der Waals surface area (Å²) in [5.41, 5.74) is -0.0743. The Bertz CT molecular complexity index is 879. The molecule has 0 aliphatic heterocycles. The average molecular weight is 409 g/mol. The summed E-state index contributed by atoms with van der Waals surface area (Å²) in [7, 11) is 1.37. The van der Waals surface area contributed by atoms with Gasteiger partial charge < -0.3 is 19.5 Å². The molecule has 1 aromatic heterocycles. The van der Waals surface area contributed by atoms with Gasteiger partial charge in [0.1, 0.15) is 16.6 Å². The van der Waals surface area contributed by atoms with Crippen LogP contribution < -0.4 is 10.1 Å². The van der Waals surface area contributed by atoms with Gasteiger partial charge in [-0.25, -0.2) is 14.0 Å². The lowest BCUT2D eigenvalue weighted by molar-refractivity contribution is -0.119. The summed E-state index contributed by atoms with van der Waals surface area (Å²) in [6, 6.07) is 5.31. The molecule has 0 spiro atoms. The van der Waals surface area contributed by atoms with Crippen molar-refractivity contribution >= 4 is 34.2 Å². The molecule has 0 bridgehead atoms. The van der Waals surface area contributed by atoms with Gasteiger partial charge in [-0.2, -0.15) is 0 Å². The molecule has 0 aliphatic carbocycles. The number of aryl methyl sites for hydroxylation is 1. The fraction of sp³-hybridized carbons (Fsp3) is 0.316. The molecule has 1 N–H and O–H groups in total. The maximum absolute atomic E-state index is 13.9. The molecule has 0 atom stereocenters. The normalized spacial score (nSPS) is 10.3. The van der Waals surface area contributed by atoms with Crippen LogP contribution in [0, 0.1) is 5.82 Å². The quantitative estimate of drug-likeness (QED) is 0.672. The molecule has 28 heavy (non-hydrogen) atoms. The third-order valence-corrected chi connectivity index (χ3v) is 4.81. The van der Waals surface area contributed by atoms with E-state index in [2.05, 4.69) is 5.32 Å². The number of carbonyl (C=O) groups excluding carboxylic acids is 3. The third kappa shape index (κ3) is 5.29. The standard InChI is InChI=1S/C19H20FNO6S/c1-4-12-9-14(19(24)26-5-2)17(28-12)21-16(22)10-27-18(23)13-7-6-11(25-3)8-15(13)20/h6-9H,4-5,10H2,1-3H3,(H,21,22). The van der Waals surface area contributed by atoms with Crippen molar-refractivity contribution in [3.8, 4) is 5.75 Å². The SMILES string of the molecule is CCOC(=O)c1cc(CC)sc1NC(=O)COC(=O)c1ccc(OC)cc1F. The predicted molar refractivity (Wildman–Crippen MR) is 102 cm³/mol. The molecule has 1 amide bonds. The van der Waals surface area contributed by atoms with E-state index in [1.165, 1.54) is 30.6 Å². The van der Waals surface area contributed by atoms with Gasteiger partial charge in [0.05, 0.1) is 24.8 Å². The van der Waals surface area contributed by atoms with Crippen molar-refractivity contribution in [1.29, 1.82) is 0 Å². The van der Waals surface area contributed by atoms with Gasteiger partial charge in [-0.05, 0) is 31.5 Å². The first-order valence-electron chi connectivity index (χ1n) is 8.49. The number of rotatable bonds is 8. The molecule has 0 radical (unpaired) electrons. The van der Waals surface area contributed by atoms with Crippen molar-refractivity contribution in [2.75, 3.05) is 25.6 Å². The van der Waals surface area contributed by atoms with Gasteiger partial charge in [-0.15, -0.1) is 11.3 Å². The number of esters is 2. The first kappa shape index (κ1) is 21.4. The van der Waals surface area contributed by atoms with Crippen LogP contribution in [-0.4, -0.2) is 38.2 Å². The summed E-state index contributed by atoms with van der Waals surface area (Å²) in [6.45, 7) is 3.17. The van der Waals surface area contributed by atoms with Gasteiger partial charge in [0.15, 0.2) is 6.61 Å². The fourth-order valence-electron chi connectivity index (χ4n) is 2.23. The van der Waals surface area contributed by atoms with Crippen LogP contribution in [0.5, 0.6) is 5.75 Å². The summed E-state index contributed by atoms with van der Waals surface area (Å²) in [6.07, 6.45) is 0.679. The maximum Gasteiger partial charge on any atom is 0.341 e. The van der Waals surface area contributed by atoms with Gasteiger partial charge >= 0.3 is 11.9 Å². The van der Waals surface area contributed by atoms with E-state index in [4.69, 9.17) is 14.2 Å². The zero-order valence-corrected chi connectivity index (χ0v) is 16.5. The van der Waals surface area contributed by atoms with Crippen molar-refractivity contribution < 1.29 is 33.0 Å². The number of benzene rings is 1. The molecule has 1 heterocycles. The van der Waals surface area contributed by atoms with Gasteiger partial charge in [-0.3, -0.25) is 4.79 Å². The largest absolute Gasteiger partial charge is 0.497 e. The molecule has 0 saturated carbocycles. The van der Waals surface area contributed by atoms with Crippen molar-refractivity contribution in [2.24, 2.45) is 0 Å². The van der Waals surface area contributed by atoms with E-state index in [1.807, 2.05) is 6.92 Å². The molecule has 1 aromatic carbocycles. The van der Waals surface area contributed by atoms with Crippen molar-refractivity contribution in [3.63, 3.8) is 0 Å². The Morgan fingerprint density at radius 2 is 1.79 bits per heavy atom. The minimum atomic E-state index is -0.985. The van der Waals surface area contributed by atoms with E-state index >= 15 is 0 Å². The zero-order chi connectivity index (χ0) is 20.7. The molecule has 0 saturated heterocycles. The third-order valence-electron chi connectivity index (χ3n) is 3.61. The Balaban J connectivity index is 2.02. The topological polar surface area (TPSA) is 90.9 Å². The van der Waals surface area contributed by atoms with Gasteiger partial charge in [0, 0.05) is 10.9 Å². The molecule has 2 aromatic rings. The number of methoxy groups -OCH3 is 1. The second-order valence-corrected chi connectivity index (χ2v) is 6.64. The molecule has 7 nitrogen and oxygen atoms in total. The Kier molecular flexibility index (Phi) is 7.51. The Morgan fingerprint density at radius 3 is 2.39 bits per heavy atom. The van der Waals surface area contributed by atoms with Crippen molar-refractivity contribution in [2.45, 2.75) is 20.3 Å². The minimum Gasteiger partial charge on any atom is -0.497 e. The smallest absolute Gasteiger partial charge is 0.341 e. The number of halogens is 1. The molecule has 2 rings (SSSR count). The maximum atomic E-state index is 13.9. The van der Waals surface area contributed by atoms with E-state index in [-0.39, 0.29) is 23.5 Å². The second kappa shape index (κ2) is 9.84. The van der Waals surface area contributed by atoms with Crippen LogP contribution in [-0.2, 0) is 20.7 Å². The van der Waals surface area contributed by atoms with E-state index < -0.39 is 30.3 Å². The van der Waals surface area contributed by atoms with Gasteiger partial charge in [-0.1, -0.05) is 6.92 Å². The Morgan fingerprint density at radius 1 is 1.07 bits per heavy atom. The van der Waals surface area contributed by atoms with Crippen LogP contribution in [0.3, 0.4) is 0 Å². The lowest BCUT2D eigenvalue weighted by atomic mass is 10.2. The number of carbonyl (C=O) groups is 3. The highest BCUT2D eigenvalue weighted by Gasteiger charge is 2.20. The van der Waals surface area contributed by atoms with Crippen LogP contribution >= 0.6 is 11.3 Å². The lowest BCUT2D eigenvalue weighted by Crippen LogP contribution is -2.22. The van der Waals surface area contributed by atoms with E-state index in [0.717, 1.165) is 10.9 Å². The van der Waals surface area contributed by atoms with E-state index in [0.29, 0.717) is 11.4 Å². The number of thiophene rings is 1. The average Bonchev–Trinajstić information content (AvgIpc) is 3.09. The lowest BCUT2D eigenvalue weighted by Gasteiger charge is -2.08. The molecule has 0 fully saturated rings. The van der Waals surface area contributed by atoms with Crippen molar-refractivity contribution in [3.05, 3.63) is 46.1 Å². The minimum absolute atomic E-state index is 0.203. The Hall–Kier alpha value is -2.94. The number of anilines is 1. The van der Waals surface area contributed by atoms with Crippen molar-refractivity contribution in [1.82, 2.24) is 0 Å². The first-order chi connectivity index (χ1) is 13.4. The number of amides is 1. The van der Waals surface area contributed by atoms with Crippen LogP contribution in [0.15, 0.2) is 24.3 Å². The first-order valence-corrected chi connectivity index (χ1v) is 9.31. The number of hydrogen-bond donors (Lipinski definition) is 1. The highest BCUT2D eigenvalue weighted by molar-refractivity contribution is 7.16. The van der Waals surface area contributed by atoms with E-state index in [1.54, 1.807) is 13.0 Å². The van der Waals surface area contributed by atoms with E-state index in [9.17, 15) is 18.8 Å². The summed E-state index contributed by atoms with van der Waals surface area (Å²) < 4.78 is 28.6. The molecule has 9 heteroatoms. The number of nitrogens with one attached hydrogen (secondary N) is 1. The number of ether oxygens (including phenoxy) is 3.